The molecule has 1 aliphatic rings. The smallest absolute Gasteiger partial charge is 0.317 e. The van der Waals surface area contributed by atoms with Crippen molar-refractivity contribution < 1.29 is 31.1 Å². The Balaban J connectivity index is 0.00000127. The quantitative estimate of drug-likeness (QED) is 0.614. The van der Waals surface area contributed by atoms with Gasteiger partial charge in [-0.1, -0.05) is 0 Å². The number of alkyl halides is 6. The molecule has 2 rings (SSSR count). The Morgan fingerprint density at radius 3 is 2.09 bits per heavy atom. The third kappa shape index (κ3) is 4.19. The fraction of sp³-hybridized carbons (Fsp3) is 0.500. The second-order valence-electron chi connectivity index (χ2n) is 4.82. The Kier molecular flexibility index (Phi) is 5.74. The molecule has 0 saturated heterocycles. The highest BCUT2D eigenvalue weighted by molar-refractivity contribution is 7.16. The van der Waals surface area contributed by atoms with Crippen LogP contribution in [0.3, 0.4) is 0 Å². The van der Waals surface area contributed by atoms with Crippen LogP contribution in [0.2, 0.25) is 0 Å². The van der Waals surface area contributed by atoms with E-state index in [1.54, 1.807) is 12.2 Å². The van der Waals surface area contributed by atoms with E-state index in [9.17, 15) is 31.1 Å². The van der Waals surface area contributed by atoms with Gasteiger partial charge in [0, 0.05) is 4.88 Å². The Labute approximate surface area is 132 Å². The minimum atomic E-state index is -5.67. The second kappa shape index (κ2) is 6.83. The first-order chi connectivity index (χ1) is 10.5. The number of fused-ring (bicyclic) bond motifs is 1. The molecule has 23 heavy (non-hydrogen) atoms. The number of halogens is 6. The van der Waals surface area contributed by atoms with E-state index in [-0.39, 0.29) is 5.00 Å². The number of terminal acetylenes is 1. The summed E-state index contributed by atoms with van der Waals surface area (Å²) in [6, 6.07) is 0. The maximum Gasteiger partial charge on any atom is 0.409 e. The standard InChI is InChI=1S/C12H11F6NOS.C2H2/c1-5-6-3-2-4-7(6)21-10(5)19-9(20)8(11(13,14)15)12(16,17)18;1-2/h8H,2-4H2,1H3,(H,19,20);1-2H. The zero-order valence-corrected chi connectivity index (χ0v) is 12.8. The molecule has 0 saturated carbocycles. The van der Waals surface area contributed by atoms with E-state index in [0.29, 0.717) is 5.56 Å². The molecule has 1 amide bonds. The molecule has 128 valence electrons. The number of amides is 1. The molecule has 0 bridgehead atoms. The van der Waals surface area contributed by atoms with Crippen LogP contribution in [0.4, 0.5) is 31.3 Å². The van der Waals surface area contributed by atoms with Gasteiger partial charge in [0.05, 0.1) is 5.00 Å². The summed E-state index contributed by atoms with van der Waals surface area (Å²) in [6.45, 7) is 1.59. The highest BCUT2D eigenvalue weighted by atomic mass is 32.1. The van der Waals surface area contributed by atoms with Crippen LogP contribution in [0.1, 0.15) is 22.4 Å². The van der Waals surface area contributed by atoms with Gasteiger partial charge >= 0.3 is 12.4 Å². The van der Waals surface area contributed by atoms with E-state index in [4.69, 9.17) is 0 Å². The van der Waals surface area contributed by atoms with Crippen molar-refractivity contribution in [1.29, 1.82) is 0 Å². The van der Waals surface area contributed by atoms with Gasteiger partial charge in [0.2, 0.25) is 11.8 Å². The first-order valence-corrected chi connectivity index (χ1v) is 7.22. The van der Waals surface area contributed by atoms with Crippen LogP contribution in [-0.4, -0.2) is 18.3 Å². The topological polar surface area (TPSA) is 29.1 Å². The van der Waals surface area contributed by atoms with Crippen molar-refractivity contribution in [2.75, 3.05) is 5.32 Å². The van der Waals surface area contributed by atoms with Crippen LogP contribution in [0.15, 0.2) is 0 Å². The van der Waals surface area contributed by atoms with Crippen molar-refractivity contribution in [3.8, 4) is 12.8 Å². The monoisotopic (exact) mass is 357 g/mol. The summed E-state index contributed by atoms with van der Waals surface area (Å²) in [6.07, 6.45) is -0.968. The predicted molar refractivity (Wildman–Crippen MR) is 75.2 cm³/mol. The highest BCUT2D eigenvalue weighted by Crippen LogP contribution is 2.42. The molecule has 2 nitrogen and oxygen atoms in total. The lowest BCUT2D eigenvalue weighted by atomic mass is 10.1. The van der Waals surface area contributed by atoms with Crippen molar-refractivity contribution in [3.05, 3.63) is 16.0 Å². The van der Waals surface area contributed by atoms with Gasteiger partial charge in [0.1, 0.15) is 0 Å². The average molecular weight is 357 g/mol. The molecule has 1 aromatic rings. The number of rotatable bonds is 2. The first-order valence-electron chi connectivity index (χ1n) is 6.40. The predicted octanol–water partition coefficient (Wildman–Crippen LogP) is 4.47. The largest absolute Gasteiger partial charge is 0.409 e. The number of thiophene rings is 1. The Bertz CT molecular complexity index is 585. The summed E-state index contributed by atoms with van der Waals surface area (Å²) in [5, 5.41) is 1.86. The summed E-state index contributed by atoms with van der Waals surface area (Å²) in [5.41, 5.74) is 1.48. The van der Waals surface area contributed by atoms with Crippen LogP contribution in [-0.2, 0) is 17.6 Å². The fourth-order valence-electron chi connectivity index (χ4n) is 2.35. The van der Waals surface area contributed by atoms with E-state index in [1.165, 1.54) is 0 Å². The number of carbonyl (C=O) groups excluding carboxylic acids is 1. The van der Waals surface area contributed by atoms with Gasteiger partial charge in [0.25, 0.3) is 0 Å². The number of nitrogens with one attached hydrogen (secondary N) is 1. The van der Waals surface area contributed by atoms with E-state index in [2.05, 4.69) is 12.8 Å². The maximum absolute atomic E-state index is 12.5. The average Bonchev–Trinajstić information content (AvgIpc) is 2.93. The van der Waals surface area contributed by atoms with Gasteiger partial charge in [-0.3, -0.25) is 4.79 Å². The molecule has 0 unspecified atom stereocenters. The Morgan fingerprint density at radius 1 is 1.13 bits per heavy atom. The normalized spacial score (nSPS) is 14.2. The van der Waals surface area contributed by atoms with Crippen LogP contribution in [0.25, 0.3) is 0 Å². The van der Waals surface area contributed by atoms with Gasteiger partial charge in [0.15, 0.2) is 0 Å². The lowest BCUT2D eigenvalue weighted by molar-refractivity contribution is -0.272. The van der Waals surface area contributed by atoms with Crippen molar-refractivity contribution >= 4 is 22.2 Å². The molecular formula is C14H13F6NOS. The third-order valence-corrected chi connectivity index (χ3v) is 4.65. The second-order valence-corrected chi connectivity index (χ2v) is 5.92. The van der Waals surface area contributed by atoms with E-state index >= 15 is 0 Å². The maximum atomic E-state index is 12.5. The summed E-state index contributed by atoms with van der Waals surface area (Å²) < 4.78 is 74.7. The zero-order valence-electron chi connectivity index (χ0n) is 11.9. The van der Waals surface area contributed by atoms with Crippen molar-refractivity contribution in [2.45, 2.75) is 38.5 Å². The molecule has 0 aliphatic heterocycles. The van der Waals surface area contributed by atoms with Crippen LogP contribution >= 0.6 is 11.3 Å². The molecule has 9 heteroatoms. The lowest BCUT2D eigenvalue weighted by Crippen LogP contribution is -2.45. The zero-order chi connectivity index (χ0) is 18.0. The van der Waals surface area contributed by atoms with Gasteiger partial charge in [-0.05, 0) is 37.3 Å². The Hall–Kier alpha value is -1.69. The van der Waals surface area contributed by atoms with E-state index in [1.807, 2.05) is 0 Å². The molecule has 0 radical (unpaired) electrons. The fourth-order valence-corrected chi connectivity index (χ4v) is 3.65. The molecule has 1 aliphatic carbocycles. The van der Waals surface area contributed by atoms with Crippen molar-refractivity contribution in [3.63, 3.8) is 0 Å². The number of hydrogen-bond donors (Lipinski definition) is 1. The summed E-state index contributed by atoms with van der Waals surface area (Å²) >= 11 is 1.05. The van der Waals surface area contributed by atoms with Crippen LogP contribution in [0, 0.1) is 25.7 Å². The number of aryl methyl sites for hydroxylation is 1. The lowest BCUT2D eigenvalue weighted by Gasteiger charge is -2.21. The minimum absolute atomic E-state index is 0.0724. The molecule has 1 heterocycles. The molecular weight excluding hydrogens is 344 g/mol. The van der Waals surface area contributed by atoms with Gasteiger partial charge in [-0.2, -0.15) is 26.3 Å². The van der Waals surface area contributed by atoms with Gasteiger partial charge < -0.3 is 5.32 Å². The van der Waals surface area contributed by atoms with Crippen molar-refractivity contribution in [2.24, 2.45) is 5.92 Å². The van der Waals surface area contributed by atoms with E-state index in [0.717, 1.165) is 41.0 Å². The number of anilines is 1. The van der Waals surface area contributed by atoms with E-state index < -0.39 is 24.2 Å². The van der Waals surface area contributed by atoms with Gasteiger partial charge in [-0.25, -0.2) is 0 Å². The summed E-state index contributed by atoms with van der Waals surface area (Å²) in [7, 11) is 0. The first kappa shape index (κ1) is 19.4. The molecule has 0 aromatic carbocycles. The highest BCUT2D eigenvalue weighted by Gasteiger charge is 2.61. The number of hydrogen-bond acceptors (Lipinski definition) is 2. The molecule has 0 atom stereocenters. The third-order valence-electron chi connectivity index (χ3n) is 3.34. The minimum Gasteiger partial charge on any atom is -0.317 e. The summed E-state index contributed by atoms with van der Waals surface area (Å²) in [5.74, 6) is -6.10. The summed E-state index contributed by atoms with van der Waals surface area (Å²) in [4.78, 5) is 12.4. The molecule has 0 spiro atoms. The van der Waals surface area contributed by atoms with Crippen molar-refractivity contribution in [1.82, 2.24) is 0 Å². The van der Waals surface area contributed by atoms with Crippen LogP contribution in [0.5, 0.6) is 0 Å². The van der Waals surface area contributed by atoms with Crippen LogP contribution < -0.4 is 5.32 Å². The molecule has 1 N–H and O–H groups in total. The Morgan fingerprint density at radius 2 is 1.65 bits per heavy atom. The molecule has 0 fully saturated rings. The SMILES string of the molecule is C#C.Cc1c(NC(=O)C(C(F)(F)F)C(F)(F)F)sc2c1CCC2. The van der Waals surface area contributed by atoms with Gasteiger partial charge in [-0.15, -0.1) is 24.2 Å². The molecule has 1 aromatic heterocycles. The number of carbonyl (C=O) groups is 1.